The summed E-state index contributed by atoms with van der Waals surface area (Å²) < 4.78 is 5.28. The summed E-state index contributed by atoms with van der Waals surface area (Å²) in [6, 6.07) is 5.21. The average molecular weight is 492 g/mol. The molecule has 0 saturated heterocycles. The van der Waals surface area contributed by atoms with Gasteiger partial charge in [-0.3, -0.25) is 9.59 Å². The summed E-state index contributed by atoms with van der Waals surface area (Å²) >= 11 is 0. The van der Waals surface area contributed by atoms with Gasteiger partial charge in [0.05, 0.1) is 6.61 Å². The van der Waals surface area contributed by atoms with E-state index in [9.17, 15) is 19.5 Å². The highest BCUT2D eigenvalue weighted by Crippen LogP contribution is 2.26. The van der Waals surface area contributed by atoms with E-state index in [1.54, 1.807) is 20.8 Å². The van der Waals surface area contributed by atoms with Crippen molar-refractivity contribution in [2.24, 2.45) is 0 Å². The monoisotopic (exact) mass is 491 g/mol. The van der Waals surface area contributed by atoms with Crippen LogP contribution in [-0.2, 0) is 14.3 Å². The number of carbonyl (C=O) groups excluding carboxylic acids is 3. The Morgan fingerprint density at radius 1 is 1.03 bits per heavy atom. The minimum Gasteiger partial charge on any atom is -0.444 e. The van der Waals surface area contributed by atoms with Gasteiger partial charge in [-0.1, -0.05) is 56.9 Å². The molecule has 3 amide bonds. The van der Waals surface area contributed by atoms with Crippen LogP contribution >= 0.6 is 0 Å². The predicted octanol–water partition coefficient (Wildman–Crippen LogP) is 4.25. The van der Waals surface area contributed by atoms with E-state index in [-0.39, 0.29) is 11.9 Å². The van der Waals surface area contributed by atoms with Crippen molar-refractivity contribution < 1.29 is 24.2 Å². The molecule has 8 heteroatoms. The lowest BCUT2D eigenvalue weighted by Crippen LogP contribution is -2.55. The van der Waals surface area contributed by atoms with Gasteiger partial charge in [0.2, 0.25) is 11.8 Å². The highest BCUT2D eigenvalue weighted by molar-refractivity contribution is 5.92. The molecule has 8 nitrogen and oxygen atoms in total. The first-order valence-electron chi connectivity index (χ1n) is 12.7. The molecule has 2 atom stereocenters. The van der Waals surface area contributed by atoms with Crippen molar-refractivity contribution in [2.75, 3.05) is 13.2 Å². The Morgan fingerprint density at radius 3 is 2.20 bits per heavy atom. The normalized spacial score (nSPS) is 13.2. The zero-order valence-corrected chi connectivity index (χ0v) is 22.5. The Bertz CT molecular complexity index is 819. The van der Waals surface area contributed by atoms with Gasteiger partial charge >= 0.3 is 6.09 Å². The van der Waals surface area contributed by atoms with Gasteiger partial charge in [0.25, 0.3) is 0 Å². The van der Waals surface area contributed by atoms with Crippen molar-refractivity contribution in [3.8, 4) is 0 Å². The number of hydrogen-bond donors (Lipinski definition) is 3. The zero-order valence-electron chi connectivity index (χ0n) is 22.5. The number of aliphatic hydroxyl groups excluding tert-OH is 1. The van der Waals surface area contributed by atoms with Gasteiger partial charge in [-0.25, -0.2) is 4.79 Å². The van der Waals surface area contributed by atoms with Gasteiger partial charge in [0.1, 0.15) is 17.7 Å². The predicted molar refractivity (Wildman–Crippen MR) is 138 cm³/mol. The molecule has 1 rings (SSSR count). The largest absolute Gasteiger partial charge is 0.444 e. The molecule has 35 heavy (non-hydrogen) atoms. The molecule has 198 valence electrons. The molecule has 0 radical (unpaired) electrons. The maximum absolute atomic E-state index is 13.7. The number of alkyl carbamates (subject to hydrolysis) is 1. The Hall–Kier alpha value is -2.61. The Balaban J connectivity index is 3.35. The summed E-state index contributed by atoms with van der Waals surface area (Å²) in [4.78, 5) is 41.0. The van der Waals surface area contributed by atoms with Crippen LogP contribution in [0, 0.1) is 6.92 Å². The van der Waals surface area contributed by atoms with Gasteiger partial charge in [-0.15, -0.1) is 0 Å². The van der Waals surface area contributed by atoms with Crippen LogP contribution in [0.25, 0.3) is 0 Å². The molecule has 1 aromatic rings. The van der Waals surface area contributed by atoms with Gasteiger partial charge in [0, 0.05) is 12.6 Å². The van der Waals surface area contributed by atoms with Crippen molar-refractivity contribution in [3.63, 3.8) is 0 Å². The third-order valence-electron chi connectivity index (χ3n) is 5.43. The van der Waals surface area contributed by atoms with E-state index >= 15 is 0 Å². The van der Waals surface area contributed by atoms with Crippen LogP contribution in [-0.4, -0.2) is 58.8 Å². The van der Waals surface area contributed by atoms with Crippen molar-refractivity contribution in [2.45, 2.75) is 104 Å². The summed E-state index contributed by atoms with van der Waals surface area (Å²) in [6.45, 7) is 12.6. The van der Waals surface area contributed by atoms with Crippen LogP contribution in [0.1, 0.15) is 90.8 Å². The van der Waals surface area contributed by atoms with Crippen molar-refractivity contribution in [3.05, 3.63) is 35.4 Å². The number of aryl methyl sites for hydroxylation is 1. The number of hydrogen-bond acceptors (Lipinski definition) is 5. The second kappa shape index (κ2) is 14.7. The van der Waals surface area contributed by atoms with Gasteiger partial charge < -0.3 is 25.4 Å². The maximum Gasteiger partial charge on any atom is 0.408 e. The van der Waals surface area contributed by atoms with E-state index < -0.39 is 36.3 Å². The fourth-order valence-corrected chi connectivity index (χ4v) is 3.80. The van der Waals surface area contributed by atoms with E-state index in [0.29, 0.717) is 18.5 Å². The number of ether oxygens (including phenoxy) is 1. The lowest BCUT2D eigenvalue weighted by Gasteiger charge is -2.35. The number of aliphatic hydroxyl groups is 1. The molecule has 0 saturated carbocycles. The Morgan fingerprint density at radius 2 is 1.66 bits per heavy atom. The number of benzene rings is 1. The second-order valence-corrected chi connectivity index (χ2v) is 10.2. The van der Waals surface area contributed by atoms with Gasteiger partial charge in [-0.05, 0) is 59.1 Å². The molecule has 1 aromatic carbocycles. The molecular weight excluding hydrogens is 446 g/mol. The number of amides is 3. The number of carbonyl (C=O) groups is 3. The van der Waals surface area contributed by atoms with E-state index in [1.807, 2.05) is 45.0 Å². The minimum absolute atomic E-state index is 0.121. The van der Waals surface area contributed by atoms with Crippen LogP contribution in [0.2, 0.25) is 0 Å². The maximum atomic E-state index is 13.7. The fraction of sp³-hybridized carbons (Fsp3) is 0.667. The molecule has 3 N–H and O–H groups in total. The van der Waals surface area contributed by atoms with Crippen LogP contribution in [0.3, 0.4) is 0 Å². The highest BCUT2D eigenvalue weighted by atomic mass is 16.6. The first-order valence-corrected chi connectivity index (χ1v) is 12.7. The van der Waals surface area contributed by atoms with Crippen LogP contribution in [0.15, 0.2) is 24.3 Å². The lowest BCUT2D eigenvalue weighted by molar-refractivity contribution is -0.143. The second-order valence-electron chi connectivity index (χ2n) is 10.2. The van der Waals surface area contributed by atoms with Gasteiger partial charge in [0.15, 0.2) is 0 Å². The molecular formula is C27H45N3O5. The van der Waals surface area contributed by atoms with E-state index in [4.69, 9.17) is 4.74 Å². The molecule has 0 heterocycles. The first kappa shape index (κ1) is 30.4. The third-order valence-corrected chi connectivity index (χ3v) is 5.43. The molecule has 0 bridgehead atoms. The molecule has 2 unspecified atom stereocenters. The highest BCUT2D eigenvalue weighted by Gasteiger charge is 2.36. The third kappa shape index (κ3) is 10.7. The van der Waals surface area contributed by atoms with Crippen LogP contribution in [0.4, 0.5) is 4.79 Å². The lowest BCUT2D eigenvalue weighted by atomic mass is 9.97. The fourth-order valence-electron chi connectivity index (χ4n) is 3.80. The first-order chi connectivity index (χ1) is 16.4. The molecule has 0 aliphatic heterocycles. The molecule has 0 fully saturated rings. The van der Waals surface area contributed by atoms with Crippen molar-refractivity contribution in [1.82, 2.24) is 15.5 Å². The number of nitrogens with one attached hydrogen (secondary N) is 2. The SMILES string of the molecule is CCCCCCCN(C(=O)C(CO)NC(=O)OC(C)(C)C)C(C(=O)NC(C)C)c1ccccc1C. The quantitative estimate of drug-likeness (QED) is 0.358. The van der Waals surface area contributed by atoms with E-state index in [1.165, 1.54) is 4.90 Å². The topological polar surface area (TPSA) is 108 Å². The summed E-state index contributed by atoms with van der Waals surface area (Å²) in [5, 5.41) is 15.4. The Labute approximate surface area is 210 Å². The Kier molecular flexibility index (Phi) is 12.8. The molecule has 0 spiro atoms. The zero-order chi connectivity index (χ0) is 26.6. The smallest absolute Gasteiger partial charge is 0.408 e. The average Bonchev–Trinajstić information content (AvgIpc) is 2.75. The number of unbranched alkanes of at least 4 members (excludes halogenated alkanes) is 4. The molecule has 0 aromatic heterocycles. The minimum atomic E-state index is -1.24. The van der Waals surface area contributed by atoms with Crippen LogP contribution in [0.5, 0.6) is 0 Å². The molecule has 0 aliphatic carbocycles. The molecule has 0 aliphatic rings. The summed E-state index contributed by atoms with van der Waals surface area (Å²) in [7, 11) is 0. The van der Waals surface area contributed by atoms with Gasteiger partial charge in [-0.2, -0.15) is 0 Å². The van der Waals surface area contributed by atoms with E-state index in [2.05, 4.69) is 17.6 Å². The van der Waals surface area contributed by atoms with Crippen molar-refractivity contribution >= 4 is 17.9 Å². The number of rotatable bonds is 13. The van der Waals surface area contributed by atoms with Crippen molar-refractivity contribution in [1.29, 1.82) is 0 Å². The van der Waals surface area contributed by atoms with Crippen LogP contribution < -0.4 is 10.6 Å². The summed E-state index contributed by atoms with van der Waals surface area (Å²) in [6.07, 6.45) is 4.04. The number of nitrogens with zero attached hydrogens (tertiary/aromatic N) is 1. The summed E-state index contributed by atoms with van der Waals surface area (Å²) in [5.41, 5.74) is 0.829. The van der Waals surface area contributed by atoms with E-state index in [0.717, 1.165) is 31.2 Å². The summed E-state index contributed by atoms with van der Waals surface area (Å²) in [5.74, 6) is -0.828. The standard InChI is InChI=1S/C27H45N3O5/c1-8-9-10-11-14-17-30(25(33)22(18-31)29-26(34)35-27(5,6)7)23(24(32)28-19(2)3)21-16-13-12-15-20(21)4/h12-13,15-16,19,22-23,31H,8-11,14,17-18H2,1-7H3,(H,28,32)(H,29,34).